The molecule has 1 saturated heterocycles. The average Bonchev–Trinajstić information content (AvgIpc) is 3.21. The van der Waals surface area contributed by atoms with Gasteiger partial charge in [-0.25, -0.2) is 4.98 Å². The minimum Gasteiger partial charge on any atom is -0.348 e. The van der Waals surface area contributed by atoms with E-state index in [9.17, 15) is 4.79 Å². The normalized spacial score (nSPS) is 20.2. The molecule has 2 fully saturated rings. The maximum atomic E-state index is 12.0. The highest BCUT2D eigenvalue weighted by Gasteiger charge is 2.33. The van der Waals surface area contributed by atoms with E-state index in [1.807, 2.05) is 18.1 Å². The van der Waals surface area contributed by atoms with E-state index in [1.54, 1.807) is 11.3 Å². The summed E-state index contributed by atoms with van der Waals surface area (Å²) in [6, 6.07) is 0. The first-order valence-corrected chi connectivity index (χ1v) is 8.37. The van der Waals surface area contributed by atoms with Crippen LogP contribution in [0.15, 0.2) is 6.20 Å². The highest BCUT2D eigenvalue weighted by molar-refractivity contribution is 7.15. The molecule has 1 aromatic rings. The molecule has 5 heteroatoms. The topological polar surface area (TPSA) is 36.4 Å². The number of piperidine rings is 1. The number of amides is 1. The quantitative estimate of drug-likeness (QED) is 0.856. The Balaban J connectivity index is 1.47. The third kappa shape index (κ3) is 3.14. The van der Waals surface area contributed by atoms with E-state index in [0.29, 0.717) is 17.7 Å². The van der Waals surface area contributed by atoms with E-state index in [0.717, 1.165) is 37.6 Å². The standard InChI is InChI=1S/C15H23N3OS/c1-11-9-16-15(20-11)18-7-5-12(6-8-18)10-17(2)14(19)13-3-4-13/h9,12-13H,3-8,10H2,1-2H3. The molecule has 0 aromatic carbocycles. The number of hydrogen-bond donors (Lipinski definition) is 0. The second kappa shape index (κ2) is 5.72. The molecule has 2 aliphatic rings. The first-order chi connectivity index (χ1) is 9.63. The lowest BCUT2D eigenvalue weighted by Gasteiger charge is -2.33. The lowest BCUT2D eigenvalue weighted by molar-refractivity contribution is -0.131. The molecule has 1 amide bonds. The van der Waals surface area contributed by atoms with Crippen LogP contribution in [-0.4, -0.2) is 42.5 Å². The van der Waals surface area contributed by atoms with Gasteiger partial charge in [-0.2, -0.15) is 0 Å². The maximum Gasteiger partial charge on any atom is 0.225 e. The molecular weight excluding hydrogens is 270 g/mol. The number of nitrogens with zero attached hydrogens (tertiary/aromatic N) is 3. The van der Waals surface area contributed by atoms with Gasteiger partial charge in [-0.15, -0.1) is 11.3 Å². The Kier molecular flexibility index (Phi) is 3.96. The summed E-state index contributed by atoms with van der Waals surface area (Å²) in [6.45, 7) is 5.18. The maximum absolute atomic E-state index is 12.0. The van der Waals surface area contributed by atoms with Gasteiger partial charge in [0.25, 0.3) is 0 Å². The smallest absolute Gasteiger partial charge is 0.225 e. The summed E-state index contributed by atoms with van der Waals surface area (Å²) in [7, 11) is 1.97. The molecule has 0 radical (unpaired) electrons. The molecule has 1 saturated carbocycles. The van der Waals surface area contributed by atoms with E-state index in [-0.39, 0.29) is 0 Å². The van der Waals surface area contributed by atoms with Crippen molar-refractivity contribution in [3.63, 3.8) is 0 Å². The number of anilines is 1. The number of rotatable bonds is 4. The van der Waals surface area contributed by atoms with Crippen molar-refractivity contribution < 1.29 is 4.79 Å². The zero-order chi connectivity index (χ0) is 14.1. The molecule has 3 rings (SSSR count). The largest absolute Gasteiger partial charge is 0.348 e. The van der Waals surface area contributed by atoms with Crippen LogP contribution >= 0.6 is 11.3 Å². The summed E-state index contributed by atoms with van der Waals surface area (Å²) in [5.41, 5.74) is 0. The zero-order valence-electron chi connectivity index (χ0n) is 12.3. The van der Waals surface area contributed by atoms with Crippen LogP contribution in [0.1, 0.15) is 30.6 Å². The lowest BCUT2D eigenvalue weighted by atomic mass is 9.96. The van der Waals surface area contributed by atoms with Crippen LogP contribution < -0.4 is 4.90 Å². The molecule has 1 aliphatic carbocycles. The predicted octanol–water partition coefficient (Wildman–Crippen LogP) is 2.54. The fraction of sp³-hybridized carbons (Fsp3) is 0.733. The molecule has 4 nitrogen and oxygen atoms in total. The Morgan fingerprint density at radius 3 is 2.65 bits per heavy atom. The van der Waals surface area contributed by atoms with Gasteiger partial charge in [0.1, 0.15) is 0 Å². The van der Waals surface area contributed by atoms with E-state index in [4.69, 9.17) is 0 Å². The molecule has 0 spiro atoms. The summed E-state index contributed by atoms with van der Waals surface area (Å²) in [5.74, 6) is 1.36. The fourth-order valence-electron chi connectivity index (χ4n) is 2.92. The van der Waals surface area contributed by atoms with Crippen molar-refractivity contribution in [3.8, 4) is 0 Å². The van der Waals surface area contributed by atoms with Gasteiger partial charge in [-0.1, -0.05) is 0 Å². The van der Waals surface area contributed by atoms with Crippen molar-refractivity contribution >= 4 is 22.4 Å². The zero-order valence-corrected chi connectivity index (χ0v) is 13.2. The van der Waals surface area contributed by atoms with E-state index in [1.165, 1.54) is 17.7 Å². The van der Waals surface area contributed by atoms with Gasteiger partial charge in [0, 0.05) is 43.7 Å². The van der Waals surface area contributed by atoms with Crippen LogP contribution in [0.5, 0.6) is 0 Å². The SMILES string of the molecule is Cc1cnc(N2CCC(CN(C)C(=O)C3CC3)CC2)s1. The number of aryl methyl sites for hydroxylation is 1. The fourth-order valence-corrected chi connectivity index (χ4v) is 3.73. The van der Waals surface area contributed by atoms with Crippen molar-refractivity contribution in [1.82, 2.24) is 9.88 Å². The molecule has 110 valence electrons. The predicted molar refractivity (Wildman–Crippen MR) is 82.1 cm³/mol. The summed E-state index contributed by atoms with van der Waals surface area (Å²) < 4.78 is 0. The lowest BCUT2D eigenvalue weighted by Crippen LogP contribution is -2.39. The molecule has 0 N–H and O–H groups in total. The van der Waals surface area contributed by atoms with Crippen LogP contribution in [-0.2, 0) is 4.79 Å². The Labute approximate surface area is 124 Å². The Hall–Kier alpha value is -1.10. The van der Waals surface area contributed by atoms with Crippen molar-refractivity contribution in [3.05, 3.63) is 11.1 Å². The van der Waals surface area contributed by atoms with E-state index >= 15 is 0 Å². The third-order valence-corrected chi connectivity index (χ3v) is 5.30. The number of carbonyl (C=O) groups excluding carboxylic acids is 1. The number of hydrogen-bond acceptors (Lipinski definition) is 4. The number of carbonyl (C=O) groups is 1. The van der Waals surface area contributed by atoms with Gasteiger partial charge in [0.05, 0.1) is 0 Å². The molecular formula is C15H23N3OS. The molecule has 2 heterocycles. The average molecular weight is 293 g/mol. The number of thiazole rings is 1. The molecule has 0 unspecified atom stereocenters. The molecule has 0 atom stereocenters. The summed E-state index contributed by atoms with van der Waals surface area (Å²) in [6.07, 6.45) is 6.49. The Bertz CT molecular complexity index is 475. The first-order valence-electron chi connectivity index (χ1n) is 7.56. The van der Waals surface area contributed by atoms with Crippen LogP contribution in [0, 0.1) is 18.8 Å². The summed E-state index contributed by atoms with van der Waals surface area (Å²) >= 11 is 1.78. The molecule has 1 aromatic heterocycles. The van der Waals surface area contributed by atoms with Crippen LogP contribution in [0.2, 0.25) is 0 Å². The van der Waals surface area contributed by atoms with Crippen molar-refractivity contribution in [2.45, 2.75) is 32.6 Å². The van der Waals surface area contributed by atoms with Gasteiger partial charge in [0.2, 0.25) is 5.91 Å². The van der Waals surface area contributed by atoms with Crippen molar-refractivity contribution in [2.75, 3.05) is 31.6 Å². The van der Waals surface area contributed by atoms with Crippen molar-refractivity contribution in [2.24, 2.45) is 11.8 Å². The summed E-state index contributed by atoms with van der Waals surface area (Å²) in [4.78, 5) is 22.1. The summed E-state index contributed by atoms with van der Waals surface area (Å²) in [5, 5.41) is 1.16. The first kappa shape index (κ1) is 13.9. The van der Waals surface area contributed by atoms with Gasteiger partial charge in [-0.3, -0.25) is 4.79 Å². The van der Waals surface area contributed by atoms with Crippen LogP contribution in [0.4, 0.5) is 5.13 Å². The van der Waals surface area contributed by atoms with Gasteiger partial charge in [-0.05, 0) is 38.5 Å². The highest BCUT2D eigenvalue weighted by Crippen LogP contribution is 2.32. The second-order valence-corrected chi connectivity index (χ2v) is 7.39. The van der Waals surface area contributed by atoms with Gasteiger partial charge in [0.15, 0.2) is 5.13 Å². The van der Waals surface area contributed by atoms with Crippen LogP contribution in [0.3, 0.4) is 0 Å². The highest BCUT2D eigenvalue weighted by atomic mass is 32.1. The minimum atomic E-state index is 0.346. The van der Waals surface area contributed by atoms with Crippen LogP contribution in [0.25, 0.3) is 0 Å². The van der Waals surface area contributed by atoms with Gasteiger partial charge < -0.3 is 9.80 Å². The van der Waals surface area contributed by atoms with Crippen molar-refractivity contribution in [1.29, 1.82) is 0 Å². The van der Waals surface area contributed by atoms with E-state index in [2.05, 4.69) is 16.8 Å². The molecule has 1 aliphatic heterocycles. The Morgan fingerprint density at radius 1 is 1.40 bits per heavy atom. The molecule has 20 heavy (non-hydrogen) atoms. The third-order valence-electron chi connectivity index (χ3n) is 4.33. The minimum absolute atomic E-state index is 0.346. The second-order valence-electron chi connectivity index (χ2n) is 6.18. The monoisotopic (exact) mass is 293 g/mol. The Morgan fingerprint density at radius 2 is 2.10 bits per heavy atom. The van der Waals surface area contributed by atoms with Gasteiger partial charge >= 0.3 is 0 Å². The molecule has 0 bridgehead atoms. The number of aromatic nitrogens is 1. The van der Waals surface area contributed by atoms with E-state index < -0.39 is 0 Å².